The van der Waals surface area contributed by atoms with Crippen LogP contribution in [0.5, 0.6) is 0 Å². The van der Waals surface area contributed by atoms with Crippen LogP contribution in [0.4, 0.5) is 0 Å². The molecular weight excluding hydrogens is 557 g/mol. The van der Waals surface area contributed by atoms with Gasteiger partial charge in [0.1, 0.15) is 0 Å². The van der Waals surface area contributed by atoms with Crippen molar-refractivity contribution >= 4 is 53.3 Å². The van der Waals surface area contributed by atoms with Crippen molar-refractivity contribution in [3.8, 4) is 39.9 Å². The lowest BCUT2D eigenvalue weighted by atomic mass is 10.1. The first kappa shape index (κ1) is 24.9. The molecule has 0 aliphatic rings. The van der Waals surface area contributed by atoms with Gasteiger partial charge in [0.05, 0.1) is 11.0 Å². The molecule has 0 bridgehead atoms. The minimum Gasteiger partial charge on any atom is -0.309 e. The lowest BCUT2D eigenvalue weighted by molar-refractivity contribution is 1.08. The molecule has 4 nitrogen and oxygen atoms in total. The molecular formula is C39H24N4S. The smallest absolute Gasteiger partial charge is 0.165 e. The quantitative estimate of drug-likeness (QED) is 0.208. The first-order chi connectivity index (χ1) is 21.8. The molecule has 0 fully saturated rings. The fourth-order valence-corrected chi connectivity index (χ4v) is 7.45. The van der Waals surface area contributed by atoms with Crippen LogP contribution < -0.4 is 0 Å². The molecule has 0 aliphatic heterocycles. The van der Waals surface area contributed by atoms with Gasteiger partial charge in [0.25, 0.3) is 0 Å². The number of rotatable bonds is 4. The first-order valence-corrected chi connectivity index (χ1v) is 15.4. The molecule has 0 spiro atoms. The summed E-state index contributed by atoms with van der Waals surface area (Å²) < 4.78 is 4.80. The van der Waals surface area contributed by atoms with Crippen molar-refractivity contribution in [3.05, 3.63) is 146 Å². The van der Waals surface area contributed by atoms with E-state index in [-0.39, 0.29) is 0 Å². The van der Waals surface area contributed by atoms with E-state index in [1.165, 1.54) is 42.0 Å². The van der Waals surface area contributed by atoms with Crippen LogP contribution in [0.25, 0.3) is 81.8 Å². The Morgan fingerprint density at radius 3 is 1.73 bits per heavy atom. The zero-order chi connectivity index (χ0) is 29.0. The summed E-state index contributed by atoms with van der Waals surface area (Å²) in [6.45, 7) is 0. The third kappa shape index (κ3) is 3.94. The van der Waals surface area contributed by atoms with Gasteiger partial charge < -0.3 is 4.57 Å². The van der Waals surface area contributed by atoms with Gasteiger partial charge in [0.15, 0.2) is 17.5 Å². The molecule has 0 saturated carbocycles. The minimum absolute atomic E-state index is 0.668. The van der Waals surface area contributed by atoms with E-state index in [4.69, 9.17) is 15.0 Å². The lowest BCUT2D eigenvalue weighted by Crippen LogP contribution is -2.00. The van der Waals surface area contributed by atoms with Crippen LogP contribution in [0.1, 0.15) is 0 Å². The van der Waals surface area contributed by atoms with Gasteiger partial charge in [-0.05, 0) is 36.4 Å². The third-order valence-corrected chi connectivity index (χ3v) is 9.45. The number of aromatic nitrogens is 4. The molecule has 0 radical (unpaired) electrons. The molecule has 0 atom stereocenters. The fraction of sp³-hybridized carbons (Fsp3) is 0. The number of para-hydroxylation sites is 2. The van der Waals surface area contributed by atoms with E-state index in [2.05, 4.69) is 89.5 Å². The standard InChI is InChI=1S/C39H24N4S/c1-4-13-25(14-5-1)37-40-38(26-15-6-2-7-16-26)42-39(41-37)30-21-12-20-29-32-23-34-31(24-35(32)44-36(29)30)28-19-10-11-22-33(28)43(34)27-17-8-3-9-18-27/h1-24H. The summed E-state index contributed by atoms with van der Waals surface area (Å²) in [6.07, 6.45) is 0. The second kappa shape index (κ2) is 9.97. The van der Waals surface area contributed by atoms with Crippen LogP contribution in [0, 0.1) is 0 Å². The van der Waals surface area contributed by atoms with Crippen LogP contribution in [0.15, 0.2) is 146 Å². The largest absolute Gasteiger partial charge is 0.309 e. The first-order valence-electron chi connectivity index (χ1n) is 14.6. The van der Waals surface area contributed by atoms with Crippen molar-refractivity contribution in [3.63, 3.8) is 0 Å². The fourth-order valence-electron chi connectivity index (χ4n) is 6.22. The molecule has 0 aliphatic carbocycles. The Bertz CT molecular complexity index is 2420. The van der Waals surface area contributed by atoms with Gasteiger partial charge in [0, 0.05) is 53.3 Å². The number of thiophene rings is 1. The number of hydrogen-bond donors (Lipinski definition) is 0. The number of hydrogen-bond acceptors (Lipinski definition) is 4. The van der Waals surface area contributed by atoms with E-state index in [1.807, 2.05) is 60.7 Å². The Hall–Kier alpha value is -5.65. The maximum Gasteiger partial charge on any atom is 0.165 e. The summed E-state index contributed by atoms with van der Waals surface area (Å²) in [5, 5.41) is 4.95. The van der Waals surface area contributed by atoms with Crippen LogP contribution in [0.2, 0.25) is 0 Å². The van der Waals surface area contributed by atoms with E-state index in [1.54, 1.807) is 11.3 Å². The van der Waals surface area contributed by atoms with E-state index in [9.17, 15) is 0 Å². The average Bonchev–Trinajstić information content (AvgIpc) is 3.63. The molecule has 0 amide bonds. The van der Waals surface area contributed by atoms with Crippen LogP contribution in [-0.2, 0) is 0 Å². The van der Waals surface area contributed by atoms with Gasteiger partial charge >= 0.3 is 0 Å². The normalized spacial score (nSPS) is 11.6. The second-order valence-electron chi connectivity index (χ2n) is 10.9. The lowest BCUT2D eigenvalue weighted by Gasteiger charge is -2.09. The molecule has 206 valence electrons. The van der Waals surface area contributed by atoms with Gasteiger partial charge in [-0.15, -0.1) is 11.3 Å². The zero-order valence-electron chi connectivity index (χ0n) is 23.6. The second-order valence-corrected chi connectivity index (χ2v) is 11.9. The summed E-state index contributed by atoms with van der Waals surface area (Å²) in [5.74, 6) is 2.02. The number of nitrogens with zero attached hydrogens (tertiary/aromatic N) is 4. The van der Waals surface area contributed by atoms with Crippen LogP contribution in [0.3, 0.4) is 0 Å². The van der Waals surface area contributed by atoms with E-state index in [0.29, 0.717) is 17.5 Å². The molecule has 0 saturated heterocycles. The summed E-state index contributed by atoms with van der Waals surface area (Å²) in [4.78, 5) is 15.0. The van der Waals surface area contributed by atoms with Crippen molar-refractivity contribution in [2.45, 2.75) is 0 Å². The molecule has 44 heavy (non-hydrogen) atoms. The molecule has 0 unspecified atom stereocenters. The Morgan fingerprint density at radius 1 is 0.432 bits per heavy atom. The van der Waals surface area contributed by atoms with Crippen molar-refractivity contribution in [2.75, 3.05) is 0 Å². The Morgan fingerprint density at radius 2 is 1.02 bits per heavy atom. The van der Waals surface area contributed by atoms with E-state index < -0.39 is 0 Å². The maximum atomic E-state index is 5.04. The minimum atomic E-state index is 0.668. The highest BCUT2D eigenvalue weighted by Crippen LogP contribution is 2.43. The van der Waals surface area contributed by atoms with Crippen molar-refractivity contribution in [1.82, 2.24) is 19.5 Å². The SMILES string of the molecule is c1ccc(-c2nc(-c3ccccc3)nc(-c3cccc4c3sc3cc5c6ccccc6n(-c6ccccc6)c5cc34)n2)cc1. The maximum absolute atomic E-state index is 5.04. The van der Waals surface area contributed by atoms with Crippen molar-refractivity contribution < 1.29 is 0 Å². The van der Waals surface area contributed by atoms with Gasteiger partial charge in [-0.3, -0.25) is 0 Å². The Kier molecular flexibility index (Phi) is 5.64. The van der Waals surface area contributed by atoms with Crippen LogP contribution >= 0.6 is 11.3 Å². The van der Waals surface area contributed by atoms with Crippen LogP contribution in [-0.4, -0.2) is 19.5 Å². The summed E-state index contributed by atoms with van der Waals surface area (Å²) >= 11 is 1.81. The number of benzene rings is 6. The number of fused-ring (bicyclic) bond motifs is 6. The predicted octanol–water partition coefficient (Wildman–Crippen LogP) is 10.3. The third-order valence-electron chi connectivity index (χ3n) is 8.25. The van der Waals surface area contributed by atoms with Gasteiger partial charge in [-0.25, -0.2) is 15.0 Å². The molecule has 3 aromatic heterocycles. The molecule has 0 N–H and O–H groups in total. The van der Waals surface area contributed by atoms with Crippen molar-refractivity contribution in [1.29, 1.82) is 0 Å². The molecule has 6 aromatic carbocycles. The van der Waals surface area contributed by atoms with E-state index >= 15 is 0 Å². The zero-order valence-corrected chi connectivity index (χ0v) is 24.4. The molecule has 5 heteroatoms. The Balaban J connectivity index is 1.31. The highest BCUT2D eigenvalue weighted by molar-refractivity contribution is 7.26. The summed E-state index contributed by atoms with van der Waals surface area (Å²) in [6, 6.07) is 50.8. The monoisotopic (exact) mass is 580 g/mol. The van der Waals surface area contributed by atoms with Gasteiger partial charge in [0.2, 0.25) is 0 Å². The highest BCUT2D eigenvalue weighted by Gasteiger charge is 2.19. The summed E-state index contributed by atoms with van der Waals surface area (Å²) in [5.41, 5.74) is 6.52. The predicted molar refractivity (Wildman–Crippen MR) is 183 cm³/mol. The highest BCUT2D eigenvalue weighted by atomic mass is 32.1. The molecule has 9 aromatic rings. The average molecular weight is 581 g/mol. The topological polar surface area (TPSA) is 43.6 Å². The van der Waals surface area contributed by atoms with E-state index in [0.717, 1.165) is 22.4 Å². The van der Waals surface area contributed by atoms with Crippen molar-refractivity contribution in [2.24, 2.45) is 0 Å². The molecule has 9 rings (SSSR count). The summed E-state index contributed by atoms with van der Waals surface area (Å²) in [7, 11) is 0. The van der Waals surface area contributed by atoms with Gasteiger partial charge in [-0.1, -0.05) is 109 Å². The van der Waals surface area contributed by atoms with Gasteiger partial charge in [-0.2, -0.15) is 0 Å². The molecule has 3 heterocycles. The Labute approximate surface area is 257 Å².